The van der Waals surface area contributed by atoms with Crippen molar-refractivity contribution in [1.29, 1.82) is 0 Å². The Morgan fingerprint density at radius 2 is 2.08 bits per heavy atom. The Morgan fingerprint density at radius 1 is 1.50 bits per heavy atom. The lowest BCUT2D eigenvalue weighted by molar-refractivity contribution is 0.0692. The molecule has 1 aromatic carbocycles. The lowest BCUT2D eigenvalue weighted by atomic mass is 10.2. The number of halogens is 2. The Hall–Kier alpha value is -1.10. The smallest absolute Gasteiger partial charge is 0.340 e. The molecule has 0 aliphatic rings. The van der Waals surface area contributed by atoms with E-state index in [0.717, 1.165) is 12.1 Å². The van der Waals surface area contributed by atoms with Crippen LogP contribution in [0.25, 0.3) is 0 Å². The minimum Gasteiger partial charge on any atom is -0.507 e. The van der Waals surface area contributed by atoms with E-state index in [0.29, 0.717) is 0 Å². The molecule has 5 heteroatoms. The van der Waals surface area contributed by atoms with Gasteiger partial charge in [0.1, 0.15) is 17.1 Å². The average molecular weight is 235 g/mol. The number of hydrogen-bond donors (Lipinski definition) is 2. The van der Waals surface area contributed by atoms with E-state index in [2.05, 4.69) is 15.9 Å². The van der Waals surface area contributed by atoms with Gasteiger partial charge in [0.2, 0.25) is 0 Å². The van der Waals surface area contributed by atoms with Crippen molar-refractivity contribution >= 4 is 21.9 Å². The van der Waals surface area contributed by atoms with Crippen LogP contribution < -0.4 is 0 Å². The number of aromatic carboxylic acids is 1. The summed E-state index contributed by atoms with van der Waals surface area (Å²) in [6, 6.07) is 1.97. The standard InChI is InChI=1S/C7H4BrFO3/c8-6-3(9)1-2-4(10)5(6)7(11)12/h1-2,10H,(H,11,12). The zero-order chi connectivity index (χ0) is 9.30. The van der Waals surface area contributed by atoms with Crippen LogP contribution in [0.3, 0.4) is 0 Å². The highest BCUT2D eigenvalue weighted by atomic mass is 79.9. The zero-order valence-electron chi connectivity index (χ0n) is 5.71. The monoisotopic (exact) mass is 234 g/mol. The summed E-state index contributed by atoms with van der Waals surface area (Å²) in [5.41, 5.74) is -0.463. The summed E-state index contributed by atoms with van der Waals surface area (Å²) in [7, 11) is 0. The maximum absolute atomic E-state index is 12.7. The van der Waals surface area contributed by atoms with E-state index < -0.39 is 23.1 Å². The van der Waals surface area contributed by atoms with Gasteiger partial charge in [-0.3, -0.25) is 0 Å². The summed E-state index contributed by atoms with van der Waals surface area (Å²) in [6.45, 7) is 0. The Labute approximate surface area is 75.6 Å². The molecular weight excluding hydrogens is 231 g/mol. The normalized spacial score (nSPS) is 9.83. The molecule has 2 N–H and O–H groups in total. The van der Waals surface area contributed by atoms with Crippen molar-refractivity contribution in [3.05, 3.63) is 28.0 Å². The van der Waals surface area contributed by atoms with Crippen LogP contribution in [0.1, 0.15) is 10.4 Å². The maximum atomic E-state index is 12.7. The van der Waals surface area contributed by atoms with Crippen LogP contribution in [0.2, 0.25) is 0 Å². The lowest BCUT2D eigenvalue weighted by Crippen LogP contribution is -1.99. The number of carbonyl (C=O) groups is 1. The van der Waals surface area contributed by atoms with Crippen molar-refractivity contribution in [1.82, 2.24) is 0 Å². The van der Waals surface area contributed by atoms with Crippen molar-refractivity contribution < 1.29 is 19.4 Å². The Balaban J connectivity index is 3.43. The topological polar surface area (TPSA) is 57.5 Å². The molecule has 0 atom stereocenters. The zero-order valence-corrected chi connectivity index (χ0v) is 7.30. The third-order valence-corrected chi connectivity index (χ3v) is 2.06. The lowest BCUT2D eigenvalue weighted by Gasteiger charge is -2.01. The predicted molar refractivity (Wildman–Crippen MR) is 42.7 cm³/mol. The van der Waals surface area contributed by atoms with E-state index in [9.17, 15) is 9.18 Å². The largest absolute Gasteiger partial charge is 0.507 e. The summed E-state index contributed by atoms with van der Waals surface area (Å²) in [4.78, 5) is 10.4. The van der Waals surface area contributed by atoms with Crippen molar-refractivity contribution in [2.24, 2.45) is 0 Å². The molecule has 0 unspecified atom stereocenters. The van der Waals surface area contributed by atoms with Gasteiger partial charge >= 0.3 is 5.97 Å². The van der Waals surface area contributed by atoms with Crippen LogP contribution in [0.15, 0.2) is 16.6 Å². The van der Waals surface area contributed by atoms with Gasteiger partial charge in [0.15, 0.2) is 0 Å². The molecule has 0 heterocycles. The third-order valence-electron chi connectivity index (χ3n) is 1.29. The summed E-state index contributed by atoms with van der Waals surface area (Å²) in [5, 5.41) is 17.5. The van der Waals surface area contributed by atoms with Gasteiger partial charge in [-0.1, -0.05) is 0 Å². The van der Waals surface area contributed by atoms with Crippen LogP contribution in [-0.4, -0.2) is 16.2 Å². The molecule has 0 fully saturated rings. The maximum Gasteiger partial charge on any atom is 0.340 e. The molecule has 12 heavy (non-hydrogen) atoms. The molecule has 0 saturated carbocycles. The fourth-order valence-electron chi connectivity index (χ4n) is 0.744. The quantitative estimate of drug-likeness (QED) is 0.782. The molecule has 0 aliphatic carbocycles. The molecule has 0 amide bonds. The van der Waals surface area contributed by atoms with Crippen molar-refractivity contribution in [2.75, 3.05) is 0 Å². The Morgan fingerprint density at radius 3 is 2.50 bits per heavy atom. The van der Waals surface area contributed by atoms with E-state index in [1.165, 1.54) is 0 Å². The summed E-state index contributed by atoms with van der Waals surface area (Å²) >= 11 is 2.72. The molecule has 1 rings (SSSR count). The fraction of sp³-hybridized carbons (Fsp3) is 0. The van der Waals surface area contributed by atoms with E-state index in [-0.39, 0.29) is 4.47 Å². The minimum absolute atomic E-state index is 0.241. The van der Waals surface area contributed by atoms with Gasteiger partial charge < -0.3 is 10.2 Å². The van der Waals surface area contributed by atoms with Crippen molar-refractivity contribution in [2.45, 2.75) is 0 Å². The van der Waals surface area contributed by atoms with E-state index in [1.54, 1.807) is 0 Å². The molecular formula is C7H4BrFO3. The highest BCUT2D eigenvalue weighted by Crippen LogP contribution is 2.28. The predicted octanol–water partition coefficient (Wildman–Crippen LogP) is 1.99. The van der Waals surface area contributed by atoms with Gasteiger partial charge in [-0.2, -0.15) is 0 Å². The summed E-state index contributed by atoms with van der Waals surface area (Å²) in [6.07, 6.45) is 0. The Bertz CT molecular complexity index is 338. The fourth-order valence-corrected chi connectivity index (χ4v) is 1.25. The van der Waals surface area contributed by atoms with Crippen molar-refractivity contribution in [3.8, 4) is 5.75 Å². The second-order valence-electron chi connectivity index (χ2n) is 2.06. The number of aromatic hydroxyl groups is 1. The van der Waals surface area contributed by atoms with Crippen LogP contribution >= 0.6 is 15.9 Å². The van der Waals surface area contributed by atoms with Crippen LogP contribution in [0, 0.1) is 5.82 Å². The first-order valence-electron chi connectivity index (χ1n) is 2.94. The first-order valence-corrected chi connectivity index (χ1v) is 3.73. The number of carboxylic acids is 1. The van der Waals surface area contributed by atoms with Crippen LogP contribution in [-0.2, 0) is 0 Å². The first-order chi connectivity index (χ1) is 5.54. The molecule has 3 nitrogen and oxygen atoms in total. The second kappa shape index (κ2) is 3.10. The molecule has 64 valence electrons. The molecule has 0 aromatic heterocycles. The molecule has 0 spiro atoms. The van der Waals surface area contributed by atoms with Crippen molar-refractivity contribution in [3.63, 3.8) is 0 Å². The number of benzene rings is 1. The molecule has 0 saturated heterocycles. The van der Waals surface area contributed by atoms with E-state index >= 15 is 0 Å². The molecule has 0 aliphatic heterocycles. The van der Waals surface area contributed by atoms with Gasteiger partial charge in [0, 0.05) is 0 Å². The van der Waals surface area contributed by atoms with Gasteiger partial charge in [0.25, 0.3) is 0 Å². The van der Waals surface area contributed by atoms with E-state index in [4.69, 9.17) is 10.2 Å². The summed E-state index contributed by atoms with van der Waals surface area (Å²) < 4.78 is 12.5. The first kappa shape index (κ1) is 8.99. The second-order valence-corrected chi connectivity index (χ2v) is 2.85. The van der Waals surface area contributed by atoms with Crippen LogP contribution in [0.4, 0.5) is 4.39 Å². The molecule has 0 radical (unpaired) electrons. The van der Waals surface area contributed by atoms with Gasteiger partial charge in [-0.25, -0.2) is 9.18 Å². The Kier molecular flexibility index (Phi) is 2.32. The molecule has 1 aromatic rings. The number of hydrogen-bond acceptors (Lipinski definition) is 2. The van der Waals surface area contributed by atoms with Gasteiger partial charge in [-0.15, -0.1) is 0 Å². The number of carboxylic acid groups (broad SMARTS) is 1. The van der Waals surface area contributed by atoms with E-state index in [1.807, 2.05) is 0 Å². The highest BCUT2D eigenvalue weighted by molar-refractivity contribution is 9.10. The molecule has 0 bridgehead atoms. The third kappa shape index (κ3) is 1.40. The number of rotatable bonds is 1. The number of phenols is 1. The SMILES string of the molecule is O=C(O)c1c(O)ccc(F)c1Br. The average Bonchev–Trinajstić information content (AvgIpc) is 1.97. The minimum atomic E-state index is -1.38. The van der Waals surface area contributed by atoms with Gasteiger partial charge in [0.05, 0.1) is 4.47 Å². The van der Waals surface area contributed by atoms with Crippen LogP contribution in [0.5, 0.6) is 5.75 Å². The van der Waals surface area contributed by atoms with Gasteiger partial charge in [-0.05, 0) is 28.1 Å². The highest BCUT2D eigenvalue weighted by Gasteiger charge is 2.16. The summed E-state index contributed by atoms with van der Waals surface area (Å²) in [5.74, 6) is -2.56.